The van der Waals surface area contributed by atoms with E-state index < -0.39 is 0 Å². The highest BCUT2D eigenvalue weighted by atomic mass is 32.1. The van der Waals surface area contributed by atoms with Crippen molar-refractivity contribution >= 4 is 11.3 Å². The molecule has 0 fully saturated rings. The minimum atomic E-state index is 0.279. The fourth-order valence-electron chi connectivity index (χ4n) is 1.72. The molecule has 0 aromatic carbocycles. The Bertz CT molecular complexity index is 458. The minimum absolute atomic E-state index is 0.279. The van der Waals surface area contributed by atoms with Crippen LogP contribution in [-0.4, -0.2) is 9.55 Å². The lowest BCUT2D eigenvalue weighted by molar-refractivity contribution is 0.532. The lowest BCUT2D eigenvalue weighted by Gasteiger charge is -2.13. The van der Waals surface area contributed by atoms with Gasteiger partial charge in [-0.05, 0) is 30.9 Å². The summed E-state index contributed by atoms with van der Waals surface area (Å²) in [6.45, 7) is 5.21. The summed E-state index contributed by atoms with van der Waals surface area (Å²) in [5, 5.41) is 5.63. The molecule has 1 unspecified atom stereocenters. The molecule has 0 aliphatic rings. The quantitative estimate of drug-likeness (QED) is 0.883. The molecule has 1 atom stereocenters. The van der Waals surface area contributed by atoms with Crippen LogP contribution in [0.5, 0.6) is 0 Å². The first-order chi connectivity index (χ1) is 7.68. The molecule has 0 bridgehead atoms. The van der Waals surface area contributed by atoms with Gasteiger partial charge in [0.15, 0.2) is 0 Å². The highest BCUT2D eigenvalue weighted by molar-refractivity contribution is 7.10. The van der Waals surface area contributed by atoms with Crippen LogP contribution in [0, 0.1) is 6.92 Å². The summed E-state index contributed by atoms with van der Waals surface area (Å²) in [6, 6.07) is 2.44. The maximum Gasteiger partial charge on any atom is 0.125 e. The largest absolute Gasteiger partial charge is 0.337 e. The molecule has 0 aliphatic heterocycles. The summed E-state index contributed by atoms with van der Waals surface area (Å²) in [4.78, 5) is 5.75. The average molecular weight is 235 g/mol. The van der Waals surface area contributed by atoms with Crippen LogP contribution in [0.3, 0.4) is 0 Å². The van der Waals surface area contributed by atoms with Crippen molar-refractivity contribution in [1.29, 1.82) is 0 Å². The van der Waals surface area contributed by atoms with Crippen molar-refractivity contribution < 1.29 is 0 Å². The smallest absolute Gasteiger partial charge is 0.125 e. The Kier molecular flexibility index (Phi) is 3.41. The standard InChI is InChI=1S/C12H17N3S/c1-9-4-7-16-11(9)8-14-10(2)12-13-5-6-15(12)3/h4-7,10,14H,8H2,1-3H3. The van der Waals surface area contributed by atoms with Crippen molar-refractivity contribution in [3.05, 3.63) is 40.1 Å². The molecule has 2 rings (SSSR count). The molecular weight excluding hydrogens is 218 g/mol. The Morgan fingerprint density at radius 3 is 2.94 bits per heavy atom. The van der Waals surface area contributed by atoms with E-state index in [-0.39, 0.29) is 6.04 Å². The van der Waals surface area contributed by atoms with E-state index in [4.69, 9.17) is 0 Å². The van der Waals surface area contributed by atoms with Gasteiger partial charge in [0, 0.05) is 30.9 Å². The van der Waals surface area contributed by atoms with Gasteiger partial charge in [-0.1, -0.05) is 0 Å². The summed E-state index contributed by atoms with van der Waals surface area (Å²) >= 11 is 1.80. The van der Waals surface area contributed by atoms with E-state index in [0.717, 1.165) is 12.4 Å². The fourth-order valence-corrected chi connectivity index (χ4v) is 2.57. The number of aryl methyl sites for hydroxylation is 2. The van der Waals surface area contributed by atoms with Crippen molar-refractivity contribution in [2.24, 2.45) is 7.05 Å². The SMILES string of the molecule is Cc1ccsc1CNC(C)c1nccn1C. The van der Waals surface area contributed by atoms with Gasteiger partial charge in [-0.2, -0.15) is 0 Å². The molecule has 0 radical (unpaired) electrons. The second-order valence-corrected chi connectivity index (χ2v) is 5.03. The number of thiophene rings is 1. The van der Waals surface area contributed by atoms with Gasteiger partial charge in [0.05, 0.1) is 6.04 Å². The second-order valence-electron chi connectivity index (χ2n) is 4.03. The Balaban J connectivity index is 1.97. The number of imidazole rings is 1. The lowest BCUT2D eigenvalue weighted by Crippen LogP contribution is -2.20. The third kappa shape index (κ3) is 2.33. The lowest BCUT2D eigenvalue weighted by atomic mass is 10.2. The molecule has 0 spiro atoms. The van der Waals surface area contributed by atoms with E-state index in [0.29, 0.717) is 0 Å². The van der Waals surface area contributed by atoms with Gasteiger partial charge in [0.1, 0.15) is 5.82 Å². The molecular formula is C12H17N3S. The molecule has 16 heavy (non-hydrogen) atoms. The molecule has 2 heterocycles. The number of hydrogen-bond donors (Lipinski definition) is 1. The van der Waals surface area contributed by atoms with Crippen molar-refractivity contribution in [2.75, 3.05) is 0 Å². The molecule has 2 aromatic heterocycles. The van der Waals surface area contributed by atoms with Crippen LogP contribution < -0.4 is 5.32 Å². The summed E-state index contributed by atoms with van der Waals surface area (Å²) in [5.74, 6) is 1.08. The Morgan fingerprint density at radius 2 is 2.38 bits per heavy atom. The molecule has 3 nitrogen and oxygen atoms in total. The predicted octanol–water partition coefficient (Wildman–Crippen LogP) is 2.64. The Morgan fingerprint density at radius 1 is 1.56 bits per heavy atom. The van der Waals surface area contributed by atoms with Crippen molar-refractivity contribution in [3.63, 3.8) is 0 Å². The van der Waals surface area contributed by atoms with E-state index in [1.54, 1.807) is 11.3 Å². The van der Waals surface area contributed by atoms with Crippen LogP contribution in [0.2, 0.25) is 0 Å². The molecule has 2 aromatic rings. The van der Waals surface area contributed by atoms with Gasteiger partial charge in [-0.3, -0.25) is 0 Å². The highest BCUT2D eigenvalue weighted by Crippen LogP contribution is 2.17. The molecule has 86 valence electrons. The van der Waals surface area contributed by atoms with Crippen molar-refractivity contribution in [1.82, 2.24) is 14.9 Å². The minimum Gasteiger partial charge on any atom is -0.337 e. The van der Waals surface area contributed by atoms with Crippen LogP contribution >= 0.6 is 11.3 Å². The monoisotopic (exact) mass is 235 g/mol. The van der Waals surface area contributed by atoms with E-state index in [1.165, 1.54) is 10.4 Å². The predicted molar refractivity (Wildman–Crippen MR) is 67.5 cm³/mol. The number of rotatable bonds is 4. The van der Waals surface area contributed by atoms with E-state index >= 15 is 0 Å². The third-order valence-corrected chi connectivity index (χ3v) is 3.81. The molecule has 0 aliphatic carbocycles. The zero-order valence-electron chi connectivity index (χ0n) is 9.90. The number of nitrogens with zero attached hydrogens (tertiary/aromatic N) is 2. The third-order valence-electron chi connectivity index (χ3n) is 2.78. The Labute approximate surface area is 100 Å². The molecule has 0 saturated heterocycles. The number of aromatic nitrogens is 2. The zero-order valence-corrected chi connectivity index (χ0v) is 10.7. The normalized spacial score (nSPS) is 12.9. The maximum absolute atomic E-state index is 4.34. The second kappa shape index (κ2) is 4.80. The maximum atomic E-state index is 4.34. The van der Waals surface area contributed by atoms with Crippen LogP contribution in [-0.2, 0) is 13.6 Å². The van der Waals surface area contributed by atoms with E-state index in [1.807, 2.05) is 19.4 Å². The summed E-state index contributed by atoms with van der Waals surface area (Å²) < 4.78 is 2.05. The van der Waals surface area contributed by atoms with Crippen molar-refractivity contribution in [3.8, 4) is 0 Å². The summed E-state index contributed by atoms with van der Waals surface area (Å²) in [6.07, 6.45) is 3.81. The van der Waals surface area contributed by atoms with E-state index in [9.17, 15) is 0 Å². The first-order valence-corrected chi connectivity index (χ1v) is 6.30. The van der Waals surface area contributed by atoms with Crippen molar-refractivity contribution in [2.45, 2.75) is 26.4 Å². The van der Waals surface area contributed by atoms with Gasteiger partial charge >= 0.3 is 0 Å². The zero-order chi connectivity index (χ0) is 11.5. The fraction of sp³-hybridized carbons (Fsp3) is 0.417. The van der Waals surface area contributed by atoms with E-state index in [2.05, 4.69) is 40.2 Å². The van der Waals surface area contributed by atoms with Gasteiger partial charge < -0.3 is 9.88 Å². The highest BCUT2D eigenvalue weighted by Gasteiger charge is 2.10. The summed E-state index contributed by atoms with van der Waals surface area (Å²) in [5.41, 5.74) is 1.37. The number of nitrogens with one attached hydrogen (secondary N) is 1. The first-order valence-electron chi connectivity index (χ1n) is 5.42. The first kappa shape index (κ1) is 11.4. The van der Waals surface area contributed by atoms with Gasteiger partial charge in [-0.15, -0.1) is 11.3 Å². The molecule has 0 saturated carbocycles. The average Bonchev–Trinajstić information content (AvgIpc) is 2.84. The van der Waals surface area contributed by atoms with Crippen LogP contribution in [0.4, 0.5) is 0 Å². The summed E-state index contributed by atoms with van der Waals surface area (Å²) in [7, 11) is 2.02. The van der Waals surface area contributed by atoms with Gasteiger partial charge in [-0.25, -0.2) is 4.98 Å². The van der Waals surface area contributed by atoms with Gasteiger partial charge in [0.2, 0.25) is 0 Å². The number of hydrogen-bond acceptors (Lipinski definition) is 3. The topological polar surface area (TPSA) is 29.9 Å². The van der Waals surface area contributed by atoms with Gasteiger partial charge in [0.25, 0.3) is 0 Å². The van der Waals surface area contributed by atoms with Crippen LogP contribution in [0.1, 0.15) is 29.2 Å². The Hall–Kier alpha value is -1.13. The molecule has 1 N–H and O–H groups in total. The van der Waals surface area contributed by atoms with Crippen LogP contribution in [0.25, 0.3) is 0 Å². The molecule has 4 heteroatoms. The molecule has 0 amide bonds. The van der Waals surface area contributed by atoms with Crippen LogP contribution in [0.15, 0.2) is 23.8 Å².